The Hall–Kier alpha value is -2.58. The summed E-state index contributed by atoms with van der Waals surface area (Å²) >= 11 is 0. The van der Waals surface area contributed by atoms with Crippen LogP contribution in [-0.2, 0) is 16.1 Å². The van der Waals surface area contributed by atoms with Crippen molar-refractivity contribution in [1.29, 1.82) is 0 Å². The molecule has 1 N–H and O–H groups in total. The van der Waals surface area contributed by atoms with Crippen LogP contribution in [0.1, 0.15) is 24.1 Å². The van der Waals surface area contributed by atoms with Gasteiger partial charge in [0.1, 0.15) is 6.61 Å². The van der Waals surface area contributed by atoms with Crippen molar-refractivity contribution in [3.8, 4) is 0 Å². The molecule has 2 aromatic rings. The third-order valence-corrected chi connectivity index (χ3v) is 4.62. The van der Waals surface area contributed by atoms with E-state index in [-0.39, 0.29) is 25.4 Å². The lowest BCUT2D eigenvalue weighted by atomic mass is 10.00. The fraction of sp³-hybridized carbons (Fsp3) is 0.350. The van der Waals surface area contributed by atoms with Crippen LogP contribution >= 0.6 is 0 Å². The normalized spacial score (nSPS) is 20.7. The molecule has 1 aliphatic rings. The lowest BCUT2D eigenvalue weighted by Crippen LogP contribution is -2.55. The molecule has 5 nitrogen and oxygen atoms in total. The fourth-order valence-corrected chi connectivity index (χ4v) is 3.14. The third-order valence-electron chi connectivity index (χ3n) is 4.62. The van der Waals surface area contributed by atoms with Crippen LogP contribution in [0.5, 0.6) is 0 Å². The minimum atomic E-state index is -1.59. The highest BCUT2D eigenvalue weighted by Crippen LogP contribution is 2.31. The highest BCUT2D eigenvalue weighted by Gasteiger charge is 2.39. The molecular formula is C20H20F3NO4. The average molecular weight is 395 g/mol. The molecule has 1 heterocycles. The number of carbonyl (C=O) groups excluding carboxylic acids is 1. The Morgan fingerprint density at radius 2 is 1.86 bits per heavy atom. The van der Waals surface area contributed by atoms with Crippen LogP contribution in [0, 0.1) is 17.5 Å². The first-order chi connectivity index (χ1) is 13.4. The van der Waals surface area contributed by atoms with E-state index in [1.54, 1.807) is 24.3 Å². The van der Waals surface area contributed by atoms with Gasteiger partial charge in [0, 0.05) is 0 Å². The summed E-state index contributed by atoms with van der Waals surface area (Å²) < 4.78 is 51.5. The summed E-state index contributed by atoms with van der Waals surface area (Å²) in [6.45, 7) is 1.41. The first kappa shape index (κ1) is 20.2. The Balaban J connectivity index is 1.88. The van der Waals surface area contributed by atoms with Crippen LogP contribution in [0.2, 0.25) is 0 Å². The van der Waals surface area contributed by atoms with Gasteiger partial charge >= 0.3 is 6.09 Å². The van der Waals surface area contributed by atoms with Crippen LogP contribution in [-0.4, -0.2) is 41.5 Å². The van der Waals surface area contributed by atoms with E-state index in [1.807, 2.05) is 6.07 Å². The van der Waals surface area contributed by atoms with Gasteiger partial charge < -0.3 is 14.6 Å². The highest BCUT2D eigenvalue weighted by atomic mass is 19.2. The summed E-state index contributed by atoms with van der Waals surface area (Å²) in [5.41, 5.74) is 0.770. The number of rotatable bonds is 4. The molecule has 3 rings (SSSR count). The Morgan fingerprint density at radius 1 is 1.21 bits per heavy atom. The molecule has 150 valence electrons. The topological polar surface area (TPSA) is 59.0 Å². The SMILES string of the molecule is C[C@@H](O)[C@H]1COC[C@@H](c2cc(F)c(F)c(F)c2)N1C(=O)OCc1ccccc1. The van der Waals surface area contributed by atoms with Crippen molar-refractivity contribution in [3.05, 3.63) is 71.0 Å². The Bertz CT molecular complexity index is 808. The Morgan fingerprint density at radius 3 is 2.46 bits per heavy atom. The van der Waals surface area contributed by atoms with Gasteiger partial charge in [-0.3, -0.25) is 4.90 Å². The van der Waals surface area contributed by atoms with Crippen LogP contribution in [0.4, 0.5) is 18.0 Å². The van der Waals surface area contributed by atoms with Gasteiger partial charge in [-0.15, -0.1) is 0 Å². The van der Waals surface area contributed by atoms with Crippen molar-refractivity contribution in [2.75, 3.05) is 13.2 Å². The number of halogens is 3. The maximum atomic E-state index is 13.7. The molecule has 28 heavy (non-hydrogen) atoms. The molecule has 1 saturated heterocycles. The van der Waals surface area contributed by atoms with Crippen LogP contribution < -0.4 is 0 Å². The van der Waals surface area contributed by atoms with E-state index in [2.05, 4.69) is 0 Å². The summed E-state index contributed by atoms with van der Waals surface area (Å²) in [4.78, 5) is 14.0. The van der Waals surface area contributed by atoms with E-state index in [0.717, 1.165) is 17.7 Å². The summed E-state index contributed by atoms with van der Waals surface area (Å²) in [5, 5.41) is 10.1. The monoisotopic (exact) mass is 395 g/mol. The molecular weight excluding hydrogens is 375 g/mol. The van der Waals surface area contributed by atoms with E-state index >= 15 is 0 Å². The molecule has 1 aliphatic heterocycles. The quantitative estimate of drug-likeness (QED) is 0.805. The minimum absolute atomic E-state index is 0.0115. The van der Waals surface area contributed by atoms with Crippen LogP contribution in [0.15, 0.2) is 42.5 Å². The summed E-state index contributed by atoms with van der Waals surface area (Å²) in [5.74, 6) is -4.33. The van der Waals surface area contributed by atoms with Gasteiger partial charge in [-0.05, 0) is 30.2 Å². The van der Waals surface area contributed by atoms with Crippen molar-refractivity contribution in [1.82, 2.24) is 4.90 Å². The van der Waals surface area contributed by atoms with E-state index in [1.165, 1.54) is 11.8 Å². The molecule has 2 aromatic carbocycles. The molecule has 0 aliphatic carbocycles. The number of benzene rings is 2. The predicted molar refractivity (Wildman–Crippen MR) is 93.8 cm³/mol. The van der Waals surface area contributed by atoms with Crippen molar-refractivity contribution in [2.24, 2.45) is 0 Å². The van der Waals surface area contributed by atoms with E-state index < -0.39 is 41.7 Å². The predicted octanol–water partition coefficient (Wildman–Crippen LogP) is 3.56. The second-order valence-corrected chi connectivity index (χ2v) is 6.61. The summed E-state index contributed by atoms with van der Waals surface area (Å²) in [6, 6.07) is 8.86. The fourth-order valence-electron chi connectivity index (χ4n) is 3.14. The Kier molecular flexibility index (Phi) is 6.21. The maximum Gasteiger partial charge on any atom is 0.411 e. The summed E-state index contributed by atoms with van der Waals surface area (Å²) in [6.07, 6.45) is -1.75. The molecule has 0 unspecified atom stereocenters. The van der Waals surface area contributed by atoms with Crippen molar-refractivity contribution >= 4 is 6.09 Å². The number of hydrogen-bond donors (Lipinski definition) is 1. The number of hydrogen-bond acceptors (Lipinski definition) is 4. The third kappa shape index (κ3) is 4.28. The number of aliphatic hydroxyl groups excluding tert-OH is 1. The number of aliphatic hydroxyl groups is 1. The Labute approximate surface area is 160 Å². The molecule has 0 saturated carbocycles. The molecule has 8 heteroatoms. The van der Waals surface area contributed by atoms with Gasteiger partial charge in [0.05, 0.1) is 31.4 Å². The second-order valence-electron chi connectivity index (χ2n) is 6.61. The van der Waals surface area contributed by atoms with Gasteiger partial charge in [0.2, 0.25) is 0 Å². The second kappa shape index (κ2) is 8.62. The first-order valence-corrected chi connectivity index (χ1v) is 8.77. The molecule has 1 fully saturated rings. The number of ether oxygens (including phenoxy) is 2. The molecule has 0 aromatic heterocycles. The zero-order chi connectivity index (χ0) is 20.3. The van der Waals surface area contributed by atoms with E-state index in [9.17, 15) is 23.1 Å². The first-order valence-electron chi connectivity index (χ1n) is 8.77. The van der Waals surface area contributed by atoms with Gasteiger partial charge in [-0.1, -0.05) is 30.3 Å². The maximum absolute atomic E-state index is 13.7. The number of morpholine rings is 1. The van der Waals surface area contributed by atoms with E-state index in [4.69, 9.17) is 9.47 Å². The molecule has 0 bridgehead atoms. The number of amides is 1. The van der Waals surface area contributed by atoms with Crippen LogP contribution in [0.25, 0.3) is 0 Å². The largest absolute Gasteiger partial charge is 0.445 e. The molecule has 3 atom stereocenters. The lowest BCUT2D eigenvalue weighted by molar-refractivity contribution is -0.0805. The van der Waals surface area contributed by atoms with Gasteiger partial charge in [-0.25, -0.2) is 18.0 Å². The van der Waals surface area contributed by atoms with Crippen molar-refractivity contribution in [3.63, 3.8) is 0 Å². The molecule has 0 radical (unpaired) electrons. The zero-order valence-electron chi connectivity index (χ0n) is 15.1. The van der Waals surface area contributed by atoms with Crippen LogP contribution in [0.3, 0.4) is 0 Å². The standard InChI is InChI=1S/C20H20F3NO4/c1-12(25)17-10-27-11-18(14-7-15(21)19(23)16(22)8-14)24(17)20(26)28-9-13-5-3-2-4-6-13/h2-8,12,17-18,25H,9-11H2,1H3/t12-,17-,18+/m1/s1. The van der Waals surface area contributed by atoms with Gasteiger partial charge in [0.15, 0.2) is 17.5 Å². The number of carbonyl (C=O) groups is 1. The summed E-state index contributed by atoms with van der Waals surface area (Å²) in [7, 11) is 0. The van der Waals surface area contributed by atoms with Crippen molar-refractivity contribution < 1.29 is 32.5 Å². The van der Waals surface area contributed by atoms with Crippen molar-refractivity contribution in [2.45, 2.75) is 31.7 Å². The van der Waals surface area contributed by atoms with Gasteiger partial charge in [-0.2, -0.15) is 0 Å². The minimum Gasteiger partial charge on any atom is -0.445 e. The highest BCUT2D eigenvalue weighted by molar-refractivity contribution is 5.69. The molecule has 0 spiro atoms. The average Bonchev–Trinajstić information content (AvgIpc) is 2.70. The zero-order valence-corrected chi connectivity index (χ0v) is 15.1. The number of nitrogens with zero attached hydrogens (tertiary/aromatic N) is 1. The lowest BCUT2D eigenvalue weighted by Gasteiger charge is -2.42. The van der Waals surface area contributed by atoms with E-state index in [0.29, 0.717) is 0 Å². The smallest absolute Gasteiger partial charge is 0.411 e. The van der Waals surface area contributed by atoms with Gasteiger partial charge in [0.25, 0.3) is 0 Å². The molecule has 1 amide bonds.